The van der Waals surface area contributed by atoms with E-state index in [2.05, 4.69) is 4.98 Å². The van der Waals surface area contributed by atoms with Crippen LogP contribution in [-0.4, -0.2) is 11.3 Å². The molecule has 2 nitrogen and oxygen atoms in total. The molecule has 1 heterocycles. The van der Waals surface area contributed by atoms with Gasteiger partial charge in [-0.2, -0.15) is 12.2 Å². The Bertz CT molecular complexity index is 233. The van der Waals surface area contributed by atoms with Crippen molar-refractivity contribution in [1.82, 2.24) is 4.98 Å². The molecule has 0 bridgehead atoms. The van der Waals surface area contributed by atoms with Crippen LogP contribution in [0.25, 0.3) is 6.08 Å². The summed E-state index contributed by atoms with van der Waals surface area (Å²) in [5.74, 6) is 0. The van der Waals surface area contributed by atoms with Crippen molar-refractivity contribution in [3.8, 4) is 0 Å². The van der Waals surface area contributed by atoms with Crippen LogP contribution in [0.5, 0.6) is 0 Å². The summed E-state index contributed by atoms with van der Waals surface area (Å²) in [5, 5.41) is 0. The summed E-state index contributed by atoms with van der Waals surface area (Å²) >= 11 is 0. The van der Waals surface area contributed by atoms with Crippen molar-refractivity contribution < 1.29 is 54.2 Å². The predicted molar refractivity (Wildman–Crippen MR) is 39.0 cm³/mol. The molecule has 0 spiro atoms. The van der Waals surface area contributed by atoms with E-state index < -0.39 is 0 Å². The fourth-order valence-corrected chi connectivity index (χ4v) is 0.605. The van der Waals surface area contributed by atoms with Gasteiger partial charge in [-0.15, -0.1) is 0 Å². The molecule has 0 aromatic carbocycles. The summed E-state index contributed by atoms with van der Waals surface area (Å²) in [6, 6.07) is 3.67. The Morgan fingerprint density at radius 1 is 1.55 bits per heavy atom. The Morgan fingerprint density at radius 2 is 2.36 bits per heavy atom. The zero-order valence-corrected chi connectivity index (χ0v) is 8.12. The van der Waals surface area contributed by atoms with E-state index in [1.807, 2.05) is 12.1 Å². The SMILES string of the molecule is O=[C-]C=Cc1cccnc1.[Eu]. The average Bonchev–Trinajstić information content (AvgIpc) is 2.03. The van der Waals surface area contributed by atoms with Crippen LogP contribution in [0.4, 0.5) is 0 Å². The summed E-state index contributed by atoms with van der Waals surface area (Å²) in [5.41, 5.74) is 0.908. The topological polar surface area (TPSA) is 30.0 Å². The van der Waals surface area contributed by atoms with Gasteiger partial charge in [-0.3, -0.25) is 4.98 Å². The number of nitrogens with zero attached hydrogens (tertiary/aromatic N) is 1. The molecule has 0 atom stereocenters. The minimum Gasteiger partial charge on any atom is -0.419 e. The van der Waals surface area contributed by atoms with Crippen molar-refractivity contribution >= 4 is 12.4 Å². The van der Waals surface area contributed by atoms with Gasteiger partial charge in [0.1, 0.15) is 0 Å². The molecule has 11 heavy (non-hydrogen) atoms. The molecule has 0 aliphatic carbocycles. The molecule has 0 amide bonds. The van der Waals surface area contributed by atoms with Crippen LogP contribution in [0.3, 0.4) is 0 Å². The van der Waals surface area contributed by atoms with Crippen molar-refractivity contribution in [2.45, 2.75) is 0 Å². The minimum absolute atomic E-state index is 0. The molecule has 0 N–H and O–H groups in total. The summed E-state index contributed by atoms with van der Waals surface area (Å²) in [6.07, 6.45) is 7.98. The van der Waals surface area contributed by atoms with Crippen molar-refractivity contribution in [3.05, 3.63) is 36.2 Å². The second kappa shape index (κ2) is 6.83. The van der Waals surface area contributed by atoms with Gasteiger partial charge in [-0.25, -0.2) is 0 Å². The van der Waals surface area contributed by atoms with Crippen LogP contribution >= 0.6 is 0 Å². The van der Waals surface area contributed by atoms with Gasteiger partial charge in [0.15, 0.2) is 0 Å². The van der Waals surface area contributed by atoms with Crippen molar-refractivity contribution in [2.24, 2.45) is 0 Å². The average molecular weight is 284 g/mol. The molecule has 0 saturated heterocycles. The van der Waals surface area contributed by atoms with E-state index in [-0.39, 0.29) is 49.4 Å². The molecule has 0 aliphatic rings. The quantitative estimate of drug-likeness (QED) is 0.603. The van der Waals surface area contributed by atoms with Crippen LogP contribution in [0.2, 0.25) is 0 Å². The minimum atomic E-state index is 0. The van der Waals surface area contributed by atoms with E-state index in [1.54, 1.807) is 24.8 Å². The van der Waals surface area contributed by atoms with Gasteiger partial charge >= 0.3 is 0 Å². The van der Waals surface area contributed by atoms with Gasteiger partial charge in [-0.1, -0.05) is 11.6 Å². The van der Waals surface area contributed by atoms with Gasteiger partial charge in [0.25, 0.3) is 0 Å². The largest absolute Gasteiger partial charge is 0.419 e. The fraction of sp³-hybridized carbons (Fsp3) is 0. The number of carbonyl (C=O) groups excluding carboxylic acids is 1. The Kier molecular flexibility index (Phi) is 6.92. The maximum Gasteiger partial charge on any atom is 0.0267 e. The van der Waals surface area contributed by atoms with Crippen molar-refractivity contribution in [1.29, 1.82) is 0 Å². The van der Waals surface area contributed by atoms with Crippen LogP contribution < -0.4 is 0 Å². The zero-order valence-electron chi connectivity index (χ0n) is 5.70. The first kappa shape index (κ1) is 11.1. The second-order valence-corrected chi connectivity index (χ2v) is 1.74. The molecular formula is C8H6EuNO-. The molecule has 0 unspecified atom stereocenters. The number of hydrogen-bond donors (Lipinski definition) is 0. The van der Waals surface area contributed by atoms with Gasteiger partial charge in [-0.05, 0) is 12.4 Å². The third kappa shape index (κ3) is 4.56. The molecule has 3 heteroatoms. The Balaban J connectivity index is 0.000001000. The summed E-state index contributed by atoms with van der Waals surface area (Å²) < 4.78 is 0. The molecule has 1 radical (unpaired) electrons. The molecular weight excluding hydrogens is 278 g/mol. The Morgan fingerprint density at radius 3 is 2.91 bits per heavy atom. The molecule has 0 aliphatic heterocycles. The van der Waals surface area contributed by atoms with E-state index in [9.17, 15) is 4.79 Å². The number of pyridine rings is 1. The van der Waals surface area contributed by atoms with Gasteiger partial charge in [0, 0.05) is 61.8 Å². The van der Waals surface area contributed by atoms with Crippen LogP contribution in [-0.2, 0) is 4.79 Å². The number of aromatic nitrogens is 1. The Labute approximate surface area is 106 Å². The van der Waals surface area contributed by atoms with Crippen molar-refractivity contribution in [3.63, 3.8) is 0 Å². The van der Waals surface area contributed by atoms with Crippen molar-refractivity contribution in [2.75, 3.05) is 0 Å². The molecule has 0 saturated carbocycles. The monoisotopic (exact) mass is 285 g/mol. The summed E-state index contributed by atoms with van der Waals surface area (Å²) in [7, 11) is 0. The standard InChI is InChI=1S/C8H6NO.Eu/c10-6-2-4-8-3-1-5-9-7-8;/h1-5,7H;/q-1;. The first-order chi connectivity index (χ1) is 4.93. The van der Waals surface area contributed by atoms with Gasteiger partial charge in [0.05, 0.1) is 0 Å². The van der Waals surface area contributed by atoms with E-state index in [1.165, 1.54) is 6.08 Å². The van der Waals surface area contributed by atoms with Gasteiger partial charge < -0.3 is 4.79 Å². The van der Waals surface area contributed by atoms with E-state index >= 15 is 0 Å². The van der Waals surface area contributed by atoms with E-state index in [0.717, 1.165) is 5.56 Å². The molecule has 1 aromatic rings. The maximum atomic E-state index is 9.75. The summed E-state index contributed by atoms with van der Waals surface area (Å²) in [4.78, 5) is 13.6. The molecule has 57 valence electrons. The second-order valence-electron chi connectivity index (χ2n) is 1.74. The van der Waals surface area contributed by atoms with Crippen LogP contribution in [0.1, 0.15) is 5.56 Å². The fourth-order valence-electron chi connectivity index (χ4n) is 0.605. The smallest absolute Gasteiger partial charge is 0.0267 e. The zero-order chi connectivity index (χ0) is 7.23. The first-order valence-corrected chi connectivity index (χ1v) is 2.88. The summed E-state index contributed by atoms with van der Waals surface area (Å²) in [6.45, 7) is 0. The molecule has 1 rings (SSSR count). The van der Waals surface area contributed by atoms with E-state index in [4.69, 9.17) is 0 Å². The number of allylic oxidation sites excluding steroid dienone is 1. The maximum absolute atomic E-state index is 9.75. The predicted octanol–water partition coefficient (Wildman–Crippen LogP) is 1.20. The third-order valence-corrected chi connectivity index (χ3v) is 1.03. The molecule has 0 fully saturated rings. The first-order valence-electron chi connectivity index (χ1n) is 2.88. The molecule has 1 aromatic heterocycles. The normalized spacial score (nSPS) is 9.09. The number of rotatable bonds is 2. The Hall–Kier alpha value is 0.144. The van der Waals surface area contributed by atoms with E-state index in [0.29, 0.717) is 0 Å². The van der Waals surface area contributed by atoms with Gasteiger partial charge in [0.2, 0.25) is 0 Å². The van der Waals surface area contributed by atoms with Crippen LogP contribution in [0, 0.1) is 49.4 Å². The third-order valence-electron chi connectivity index (χ3n) is 1.03. The van der Waals surface area contributed by atoms with Crippen LogP contribution in [0.15, 0.2) is 30.6 Å². The number of hydrogen-bond acceptors (Lipinski definition) is 2.